The van der Waals surface area contributed by atoms with Crippen molar-refractivity contribution < 1.29 is 9.59 Å². The number of piperazine rings is 1. The van der Waals surface area contributed by atoms with E-state index in [1.807, 2.05) is 11.9 Å². The fourth-order valence-electron chi connectivity index (χ4n) is 5.30. The lowest BCUT2D eigenvalue weighted by Crippen LogP contribution is -2.56. The van der Waals surface area contributed by atoms with Gasteiger partial charge in [-0.15, -0.1) is 0 Å². The largest absolute Gasteiger partial charge is 0.370 e. The number of nitrogens with one attached hydrogen (secondary N) is 1. The number of carbonyl (C=O) groups is 2. The number of rotatable bonds is 2. The smallest absolute Gasteiger partial charge is 0.266 e. The molecule has 7 nitrogen and oxygen atoms in total. The van der Waals surface area contributed by atoms with E-state index in [-0.39, 0.29) is 29.8 Å². The third-order valence-electron chi connectivity index (χ3n) is 6.77. The van der Waals surface area contributed by atoms with Crippen molar-refractivity contribution in [3.63, 3.8) is 0 Å². The summed E-state index contributed by atoms with van der Waals surface area (Å²) in [4.78, 5) is 31.4. The lowest BCUT2D eigenvalue weighted by Gasteiger charge is -2.48. The Morgan fingerprint density at radius 1 is 1.11 bits per heavy atom. The van der Waals surface area contributed by atoms with Crippen LogP contribution in [-0.4, -0.2) is 78.4 Å². The molecule has 0 bridgehead atoms. The topological polar surface area (TPSA) is 79.7 Å². The zero-order chi connectivity index (χ0) is 19.0. The molecule has 0 spiro atoms. The normalized spacial score (nSPS) is 31.8. The van der Waals surface area contributed by atoms with Crippen molar-refractivity contribution in [2.24, 2.45) is 5.92 Å². The first-order valence-corrected chi connectivity index (χ1v) is 10.3. The van der Waals surface area contributed by atoms with Crippen LogP contribution in [0.1, 0.15) is 38.5 Å². The van der Waals surface area contributed by atoms with Gasteiger partial charge in [0.2, 0.25) is 5.91 Å². The number of fused-ring (bicyclic) bond motifs is 1. The maximum absolute atomic E-state index is 12.8. The Balaban J connectivity index is 1.51. The molecular formula is C20H29N5O2. The quantitative estimate of drug-likeness (QED) is 0.773. The molecular weight excluding hydrogens is 342 g/mol. The molecule has 1 N–H and O–H groups in total. The molecule has 7 heteroatoms. The van der Waals surface area contributed by atoms with Gasteiger partial charge >= 0.3 is 0 Å². The molecule has 0 aromatic carbocycles. The van der Waals surface area contributed by atoms with Gasteiger partial charge in [0.05, 0.1) is 6.04 Å². The summed E-state index contributed by atoms with van der Waals surface area (Å²) in [7, 11) is 1.84. The van der Waals surface area contributed by atoms with E-state index in [4.69, 9.17) is 0 Å². The maximum Gasteiger partial charge on any atom is 0.266 e. The van der Waals surface area contributed by atoms with Crippen LogP contribution in [0.15, 0.2) is 11.3 Å². The van der Waals surface area contributed by atoms with Crippen LogP contribution in [0.25, 0.3) is 0 Å². The van der Waals surface area contributed by atoms with Crippen LogP contribution >= 0.6 is 0 Å². The molecule has 2 amide bonds. The SMILES string of the molecule is CN1C(=O)C(C#N)=C(N2CCN(C(=O)C3CCCN3)CC2)C2CCCCC21. The minimum atomic E-state index is -0.135. The van der Waals surface area contributed by atoms with Gasteiger partial charge in [0, 0.05) is 50.9 Å². The average Bonchev–Trinajstić information content (AvgIpc) is 3.25. The molecule has 146 valence electrons. The highest BCUT2D eigenvalue weighted by Gasteiger charge is 2.43. The Bertz CT molecular complexity index is 683. The molecule has 3 unspecified atom stereocenters. The van der Waals surface area contributed by atoms with Crippen molar-refractivity contribution in [2.45, 2.75) is 50.6 Å². The first-order valence-electron chi connectivity index (χ1n) is 10.3. The molecule has 4 aliphatic rings. The summed E-state index contributed by atoms with van der Waals surface area (Å²) in [5.41, 5.74) is 1.27. The monoisotopic (exact) mass is 371 g/mol. The van der Waals surface area contributed by atoms with Crippen molar-refractivity contribution in [1.82, 2.24) is 20.0 Å². The number of hydrogen-bond donors (Lipinski definition) is 1. The van der Waals surface area contributed by atoms with Gasteiger partial charge in [-0.05, 0) is 32.2 Å². The molecule has 3 aliphatic heterocycles. The van der Waals surface area contributed by atoms with Gasteiger partial charge in [-0.1, -0.05) is 12.8 Å². The highest BCUT2D eigenvalue weighted by atomic mass is 16.2. The van der Waals surface area contributed by atoms with E-state index in [1.165, 1.54) is 0 Å². The molecule has 3 atom stereocenters. The van der Waals surface area contributed by atoms with Crippen LogP contribution in [0.5, 0.6) is 0 Å². The zero-order valence-electron chi connectivity index (χ0n) is 16.1. The van der Waals surface area contributed by atoms with Gasteiger partial charge in [-0.2, -0.15) is 5.26 Å². The van der Waals surface area contributed by atoms with Crippen LogP contribution in [0.2, 0.25) is 0 Å². The summed E-state index contributed by atoms with van der Waals surface area (Å²) in [6.45, 7) is 3.67. The number of hydrogen-bond acceptors (Lipinski definition) is 5. The van der Waals surface area contributed by atoms with Gasteiger partial charge in [0.15, 0.2) is 0 Å². The lowest BCUT2D eigenvalue weighted by atomic mass is 9.77. The number of likely N-dealkylation sites (N-methyl/N-ethyl adjacent to an activating group) is 1. The number of nitriles is 1. The van der Waals surface area contributed by atoms with Crippen molar-refractivity contribution in [1.29, 1.82) is 5.26 Å². The molecule has 3 fully saturated rings. The van der Waals surface area contributed by atoms with Crippen LogP contribution < -0.4 is 5.32 Å². The van der Waals surface area contributed by atoms with Crippen molar-refractivity contribution >= 4 is 11.8 Å². The van der Waals surface area contributed by atoms with Gasteiger partial charge in [0.1, 0.15) is 11.6 Å². The fraction of sp³-hybridized carbons (Fsp3) is 0.750. The van der Waals surface area contributed by atoms with E-state index in [9.17, 15) is 14.9 Å². The van der Waals surface area contributed by atoms with Gasteiger partial charge in [0.25, 0.3) is 5.91 Å². The predicted octanol–water partition coefficient (Wildman–Crippen LogP) is 0.691. The lowest BCUT2D eigenvalue weighted by molar-refractivity contribution is -0.135. The summed E-state index contributed by atoms with van der Waals surface area (Å²) in [6.07, 6.45) is 6.33. The van der Waals surface area contributed by atoms with Crippen molar-refractivity contribution in [3.8, 4) is 6.07 Å². The minimum Gasteiger partial charge on any atom is -0.370 e. The van der Waals surface area contributed by atoms with Crippen molar-refractivity contribution in [2.75, 3.05) is 39.8 Å². The molecule has 1 saturated carbocycles. The van der Waals surface area contributed by atoms with Gasteiger partial charge in [-0.25, -0.2) is 0 Å². The summed E-state index contributed by atoms with van der Waals surface area (Å²) < 4.78 is 0. The van der Waals surface area contributed by atoms with E-state index in [0.717, 1.165) is 50.8 Å². The van der Waals surface area contributed by atoms with E-state index < -0.39 is 0 Å². The molecule has 0 aromatic rings. The van der Waals surface area contributed by atoms with E-state index in [2.05, 4.69) is 16.3 Å². The van der Waals surface area contributed by atoms with E-state index >= 15 is 0 Å². The Morgan fingerprint density at radius 3 is 2.52 bits per heavy atom. The molecule has 0 radical (unpaired) electrons. The summed E-state index contributed by atoms with van der Waals surface area (Å²) in [6, 6.07) is 2.38. The van der Waals surface area contributed by atoms with Crippen molar-refractivity contribution in [3.05, 3.63) is 11.3 Å². The molecule has 0 aromatic heterocycles. The molecule has 3 heterocycles. The highest BCUT2D eigenvalue weighted by Crippen LogP contribution is 2.40. The second kappa shape index (κ2) is 7.51. The maximum atomic E-state index is 12.8. The summed E-state index contributed by atoms with van der Waals surface area (Å²) in [5.74, 6) is 0.329. The third kappa shape index (κ3) is 3.20. The highest BCUT2D eigenvalue weighted by molar-refractivity contribution is 5.99. The number of amides is 2. The molecule has 1 aliphatic carbocycles. The minimum absolute atomic E-state index is 0.0296. The molecule has 4 rings (SSSR count). The fourth-order valence-corrected chi connectivity index (χ4v) is 5.30. The Hall–Kier alpha value is -2.07. The van der Waals surface area contributed by atoms with E-state index in [1.54, 1.807) is 4.90 Å². The van der Waals surface area contributed by atoms with Crippen LogP contribution in [0.3, 0.4) is 0 Å². The standard InChI is InChI=1S/C20H29N5O2/c1-23-17-7-3-2-5-14(17)18(15(13-21)19(23)26)24-9-11-25(12-10-24)20(27)16-6-4-8-22-16/h14,16-17,22H,2-12H2,1H3. The first-order chi connectivity index (χ1) is 13.1. The second-order valence-corrected chi connectivity index (χ2v) is 8.21. The van der Waals surface area contributed by atoms with Crippen LogP contribution in [-0.2, 0) is 9.59 Å². The van der Waals surface area contributed by atoms with Crippen LogP contribution in [0, 0.1) is 17.2 Å². The average molecular weight is 371 g/mol. The van der Waals surface area contributed by atoms with Crippen LogP contribution in [0.4, 0.5) is 0 Å². The molecule has 27 heavy (non-hydrogen) atoms. The van der Waals surface area contributed by atoms with Gasteiger partial charge < -0.3 is 20.0 Å². The third-order valence-corrected chi connectivity index (χ3v) is 6.77. The number of carbonyl (C=O) groups excluding carboxylic acids is 2. The zero-order valence-corrected chi connectivity index (χ0v) is 16.1. The predicted molar refractivity (Wildman–Crippen MR) is 100 cm³/mol. The van der Waals surface area contributed by atoms with E-state index in [0.29, 0.717) is 31.8 Å². The van der Waals surface area contributed by atoms with Gasteiger partial charge in [-0.3, -0.25) is 9.59 Å². The molecule has 2 saturated heterocycles. The summed E-state index contributed by atoms with van der Waals surface area (Å²) >= 11 is 0. The summed E-state index contributed by atoms with van der Waals surface area (Å²) in [5, 5.41) is 13.0. The second-order valence-electron chi connectivity index (χ2n) is 8.21. The number of nitrogens with zero attached hydrogens (tertiary/aromatic N) is 4. The Labute approximate surface area is 161 Å². The first kappa shape index (κ1) is 18.3. The Kier molecular flexibility index (Phi) is 5.09. The Morgan fingerprint density at radius 2 is 1.85 bits per heavy atom.